The number of amides is 1. The Bertz CT molecular complexity index is 529. The molecule has 0 radical (unpaired) electrons. The Hall–Kier alpha value is -1.49. The summed E-state index contributed by atoms with van der Waals surface area (Å²) < 4.78 is 26.7. The maximum Gasteiger partial charge on any atom is 0.256 e. The predicted octanol–water partition coefficient (Wildman–Crippen LogP) is 2.57. The number of hydrogen-bond acceptors (Lipinski definition) is 2. The molecule has 0 aromatic heterocycles. The molecule has 2 unspecified atom stereocenters. The monoisotopic (exact) mass is 294 g/mol. The molecule has 2 saturated heterocycles. The number of benzene rings is 1. The molecule has 1 aromatic rings. The summed E-state index contributed by atoms with van der Waals surface area (Å²) in [6, 6.07) is 3.62. The first-order valence-electron chi connectivity index (χ1n) is 7.63. The van der Waals surface area contributed by atoms with Gasteiger partial charge in [0.25, 0.3) is 5.91 Å². The number of halogens is 2. The van der Waals surface area contributed by atoms with Crippen LogP contribution in [0.1, 0.15) is 36.0 Å². The molecule has 2 aliphatic heterocycles. The average Bonchev–Trinajstić information content (AvgIpc) is 3.01. The quantitative estimate of drug-likeness (QED) is 0.909. The normalized spacial score (nSPS) is 26.1. The van der Waals surface area contributed by atoms with Crippen LogP contribution in [-0.2, 0) is 0 Å². The van der Waals surface area contributed by atoms with Crippen molar-refractivity contribution in [2.45, 2.75) is 31.7 Å². The fraction of sp³-hybridized carbons (Fsp3) is 0.562. The van der Waals surface area contributed by atoms with E-state index >= 15 is 0 Å². The number of nitrogens with one attached hydrogen (secondary N) is 1. The Kier molecular flexibility index (Phi) is 4.19. The fourth-order valence-electron chi connectivity index (χ4n) is 3.47. The van der Waals surface area contributed by atoms with Crippen LogP contribution in [0, 0.1) is 17.6 Å². The Balaban J connectivity index is 1.71. The summed E-state index contributed by atoms with van der Waals surface area (Å²) in [6.45, 7) is 2.36. The zero-order valence-electron chi connectivity index (χ0n) is 11.9. The van der Waals surface area contributed by atoms with Crippen molar-refractivity contribution < 1.29 is 13.6 Å². The molecule has 0 aliphatic carbocycles. The minimum Gasteiger partial charge on any atom is -0.338 e. The largest absolute Gasteiger partial charge is 0.338 e. The van der Waals surface area contributed by atoms with E-state index in [1.54, 1.807) is 4.90 Å². The molecule has 114 valence electrons. The third-order valence-electron chi connectivity index (χ3n) is 4.57. The van der Waals surface area contributed by atoms with Crippen LogP contribution >= 0.6 is 0 Å². The van der Waals surface area contributed by atoms with Crippen LogP contribution in [-0.4, -0.2) is 36.5 Å². The summed E-state index contributed by atoms with van der Waals surface area (Å²) in [5.74, 6) is -1.32. The van der Waals surface area contributed by atoms with Gasteiger partial charge in [-0.3, -0.25) is 4.79 Å². The molecule has 2 aliphatic rings. The smallest absolute Gasteiger partial charge is 0.256 e. The van der Waals surface area contributed by atoms with Gasteiger partial charge in [0.05, 0.1) is 5.56 Å². The van der Waals surface area contributed by atoms with Crippen molar-refractivity contribution in [1.29, 1.82) is 0 Å². The van der Waals surface area contributed by atoms with Gasteiger partial charge in [0, 0.05) is 25.2 Å². The number of carbonyl (C=O) groups is 1. The first kappa shape index (κ1) is 14.4. The zero-order chi connectivity index (χ0) is 14.8. The second-order valence-corrected chi connectivity index (χ2v) is 5.98. The van der Waals surface area contributed by atoms with Crippen molar-refractivity contribution in [2.75, 3.05) is 19.6 Å². The van der Waals surface area contributed by atoms with Gasteiger partial charge in [-0.25, -0.2) is 8.78 Å². The molecule has 2 heterocycles. The number of hydrogen-bond donors (Lipinski definition) is 1. The van der Waals surface area contributed by atoms with Crippen LogP contribution in [0.4, 0.5) is 8.78 Å². The van der Waals surface area contributed by atoms with Gasteiger partial charge in [0.15, 0.2) is 0 Å². The van der Waals surface area contributed by atoms with Gasteiger partial charge in [0.2, 0.25) is 0 Å². The zero-order valence-corrected chi connectivity index (χ0v) is 11.9. The van der Waals surface area contributed by atoms with Gasteiger partial charge in [-0.15, -0.1) is 0 Å². The lowest BCUT2D eigenvalue weighted by Gasteiger charge is -2.36. The molecule has 2 fully saturated rings. The molecule has 1 amide bonds. The van der Waals surface area contributed by atoms with Crippen molar-refractivity contribution in [3.63, 3.8) is 0 Å². The van der Waals surface area contributed by atoms with E-state index in [4.69, 9.17) is 0 Å². The lowest BCUT2D eigenvalue weighted by Crippen LogP contribution is -2.46. The van der Waals surface area contributed by atoms with Crippen LogP contribution < -0.4 is 5.32 Å². The van der Waals surface area contributed by atoms with Crippen LogP contribution in [0.5, 0.6) is 0 Å². The van der Waals surface area contributed by atoms with Gasteiger partial charge in [0.1, 0.15) is 11.6 Å². The minimum absolute atomic E-state index is 0.0311. The highest BCUT2D eigenvalue weighted by atomic mass is 19.1. The summed E-state index contributed by atoms with van der Waals surface area (Å²) in [5.41, 5.74) is -0.0311. The number of piperidine rings is 1. The van der Waals surface area contributed by atoms with E-state index in [1.807, 2.05) is 0 Å². The maximum absolute atomic E-state index is 13.8. The van der Waals surface area contributed by atoms with Crippen molar-refractivity contribution >= 4 is 5.91 Å². The maximum atomic E-state index is 13.8. The van der Waals surface area contributed by atoms with Crippen molar-refractivity contribution in [3.8, 4) is 0 Å². The van der Waals surface area contributed by atoms with Crippen LogP contribution in [0.3, 0.4) is 0 Å². The highest BCUT2D eigenvalue weighted by Crippen LogP contribution is 2.26. The SMILES string of the molecule is O=C(c1ccc(F)cc1F)N1CCCC(C2CCCN2)C1. The van der Waals surface area contributed by atoms with Gasteiger partial charge in [-0.2, -0.15) is 0 Å². The lowest BCUT2D eigenvalue weighted by atomic mass is 9.89. The molecule has 3 rings (SSSR count). The summed E-state index contributed by atoms with van der Waals surface area (Å²) in [6.07, 6.45) is 4.38. The fourth-order valence-corrected chi connectivity index (χ4v) is 3.47. The molecule has 1 N–H and O–H groups in total. The van der Waals surface area contributed by atoms with E-state index in [2.05, 4.69) is 5.32 Å². The lowest BCUT2D eigenvalue weighted by molar-refractivity contribution is 0.0646. The van der Waals surface area contributed by atoms with E-state index in [0.717, 1.165) is 37.9 Å². The Labute approximate surface area is 123 Å². The summed E-state index contributed by atoms with van der Waals surface area (Å²) in [4.78, 5) is 14.1. The second kappa shape index (κ2) is 6.10. The van der Waals surface area contributed by atoms with Crippen molar-refractivity contribution in [2.24, 2.45) is 5.92 Å². The Morgan fingerprint density at radius 2 is 2.10 bits per heavy atom. The van der Waals surface area contributed by atoms with Crippen molar-refractivity contribution in [1.82, 2.24) is 10.2 Å². The molecular formula is C16H20F2N2O. The number of carbonyl (C=O) groups excluding carboxylic acids is 1. The molecule has 3 nitrogen and oxygen atoms in total. The molecule has 0 spiro atoms. The highest BCUT2D eigenvalue weighted by molar-refractivity contribution is 5.94. The van der Waals surface area contributed by atoms with E-state index < -0.39 is 11.6 Å². The molecule has 1 aromatic carbocycles. The van der Waals surface area contributed by atoms with Gasteiger partial charge >= 0.3 is 0 Å². The van der Waals surface area contributed by atoms with Crippen LogP contribution in [0.15, 0.2) is 18.2 Å². The van der Waals surface area contributed by atoms with E-state index in [0.29, 0.717) is 25.0 Å². The molecular weight excluding hydrogens is 274 g/mol. The van der Waals surface area contributed by atoms with E-state index in [-0.39, 0.29) is 11.5 Å². The molecule has 0 saturated carbocycles. The third-order valence-corrected chi connectivity index (χ3v) is 4.57. The van der Waals surface area contributed by atoms with Crippen molar-refractivity contribution in [3.05, 3.63) is 35.4 Å². The number of nitrogens with zero attached hydrogens (tertiary/aromatic N) is 1. The molecule has 0 bridgehead atoms. The van der Waals surface area contributed by atoms with E-state index in [1.165, 1.54) is 12.5 Å². The average molecular weight is 294 g/mol. The van der Waals surface area contributed by atoms with E-state index in [9.17, 15) is 13.6 Å². The van der Waals surface area contributed by atoms with Crippen LogP contribution in [0.2, 0.25) is 0 Å². The molecule has 21 heavy (non-hydrogen) atoms. The van der Waals surface area contributed by atoms with Crippen LogP contribution in [0.25, 0.3) is 0 Å². The first-order chi connectivity index (χ1) is 10.1. The Morgan fingerprint density at radius 1 is 1.24 bits per heavy atom. The summed E-state index contributed by atoms with van der Waals surface area (Å²) in [5, 5.41) is 3.48. The third kappa shape index (κ3) is 3.07. The Morgan fingerprint density at radius 3 is 2.81 bits per heavy atom. The van der Waals surface area contributed by atoms with Gasteiger partial charge in [-0.1, -0.05) is 0 Å². The molecule has 2 atom stereocenters. The first-order valence-corrected chi connectivity index (χ1v) is 7.63. The molecule has 5 heteroatoms. The topological polar surface area (TPSA) is 32.3 Å². The standard InChI is InChI=1S/C16H20F2N2O/c17-12-5-6-13(14(18)9-12)16(21)20-8-2-3-11(10-20)15-4-1-7-19-15/h5-6,9,11,15,19H,1-4,7-8,10H2. The minimum atomic E-state index is -0.777. The van der Waals surface area contributed by atoms with Gasteiger partial charge in [-0.05, 0) is 50.3 Å². The summed E-state index contributed by atoms with van der Waals surface area (Å²) in [7, 11) is 0. The number of likely N-dealkylation sites (tertiary alicyclic amines) is 1. The second-order valence-electron chi connectivity index (χ2n) is 5.98. The summed E-state index contributed by atoms with van der Waals surface area (Å²) >= 11 is 0. The highest BCUT2D eigenvalue weighted by Gasteiger charge is 2.31. The van der Waals surface area contributed by atoms with Gasteiger partial charge < -0.3 is 10.2 Å². The predicted molar refractivity (Wildman–Crippen MR) is 76.0 cm³/mol. The number of rotatable bonds is 2.